The molecule has 0 amide bonds. The van der Waals surface area contributed by atoms with E-state index in [-0.39, 0.29) is 4.70 Å². The van der Waals surface area contributed by atoms with E-state index in [1.54, 1.807) is 0 Å². The molecule has 0 saturated heterocycles. The van der Waals surface area contributed by atoms with Gasteiger partial charge in [0.1, 0.15) is 0 Å². The van der Waals surface area contributed by atoms with Crippen molar-refractivity contribution in [3.05, 3.63) is 0 Å². The molecule has 0 aliphatic carbocycles. The number of rotatable bonds is 0. The zero-order chi connectivity index (χ0) is 8.31. The summed E-state index contributed by atoms with van der Waals surface area (Å²) < 4.78 is 2.08. The Morgan fingerprint density at radius 3 is 1.18 bits per heavy atom. The number of halogens is 1. The van der Waals surface area contributed by atoms with Crippen molar-refractivity contribution in [2.24, 2.45) is 0 Å². The SMILES string of the molecule is CN(C)C(N(C)C)=[N+](C)C.[F-]. The molecule has 0 aromatic rings. The fourth-order valence-electron chi connectivity index (χ4n) is 1.20. The maximum absolute atomic E-state index is 2.08. The van der Waals surface area contributed by atoms with Gasteiger partial charge in [0.2, 0.25) is 0 Å². The Balaban J connectivity index is 0. The number of hydrogen-bond donors (Lipinski definition) is 0. The Morgan fingerprint density at radius 1 is 0.909 bits per heavy atom. The Morgan fingerprint density at radius 2 is 1.18 bits per heavy atom. The minimum absolute atomic E-state index is 0. The van der Waals surface area contributed by atoms with Gasteiger partial charge in [-0.1, -0.05) is 0 Å². The van der Waals surface area contributed by atoms with Crippen molar-refractivity contribution in [1.82, 2.24) is 9.80 Å². The highest BCUT2D eigenvalue weighted by Crippen LogP contribution is 1.84. The molecule has 0 aromatic carbocycles. The fraction of sp³-hybridized carbons (Fsp3) is 0.857. The molecule has 0 aliphatic heterocycles. The average Bonchev–Trinajstić information content (AvgIpc) is 1.59. The maximum atomic E-state index is 2.08. The third-order valence-corrected chi connectivity index (χ3v) is 1.20. The van der Waals surface area contributed by atoms with Crippen LogP contribution < -0.4 is 4.70 Å². The molecule has 0 atom stereocenters. The molecular weight excluding hydrogens is 145 g/mol. The Bertz CT molecular complexity index is 127. The van der Waals surface area contributed by atoms with Crippen molar-refractivity contribution in [3.8, 4) is 0 Å². The molecule has 0 aromatic heterocycles. The van der Waals surface area contributed by atoms with Gasteiger partial charge < -0.3 is 4.70 Å². The van der Waals surface area contributed by atoms with E-state index < -0.39 is 0 Å². The molecule has 4 heteroatoms. The van der Waals surface area contributed by atoms with E-state index in [4.69, 9.17) is 0 Å². The second-order valence-corrected chi connectivity index (χ2v) is 2.98. The number of hydrogen-bond acceptors (Lipinski definition) is 0. The van der Waals surface area contributed by atoms with Crippen LogP contribution in [0, 0.1) is 0 Å². The van der Waals surface area contributed by atoms with Crippen LogP contribution in [-0.4, -0.2) is 62.6 Å². The average molecular weight is 163 g/mol. The van der Waals surface area contributed by atoms with Gasteiger partial charge in [0.05, 0.1) is 42.3 Å². The third kappa shape index (κ3) is 3.80. The van der Waals surface area contributed by atoms with Crippen LogP contribution in [0.3, 0.4) is 0 Å². The van der Waals surface area contributed by atoms with Crippen LogP contribution in [0.1, 0.15) is 0 Å². The molecule has 3 nitrogen and oxygen atoms in total. The third-order valence-electron chi connectivity index (χ3n) is 1.20. The van der Waals surface area contributed by atoms with Crippen LogP contribution in [0.15, 0.2) is 0 Å². The van der Waals surface area contributed by atoms with Gasteiger partial charge in [-0.15, -0.1) is 0 Å². The summed E-state index contributed by atoms with van der Waals surface area (Å²) in [5.74, 6) is 1.19. The van der Waals surface area contributed by atoms with Crippen molar-refractivity contribution in [2.45, 2.75) is 0 Å². The van der Waals surface area contributed by atoms with Gasteiger partial charge in [-0.25, -0.2) is 0 Å². The highest BCUT2D eigenvalue weighted by Gasteiger charge is 2.12. The maximum Gasteiger partial charge on any atom is 0.349 e. The second-order valence-electron chi connectivity index (χ2n) is 2.98. The van der Waals surface area contributed by atoms with Crippen LogP contribution in [0.5, 0.6) is 0 Å². The first-order valence-corrected chi connectivity index (χ1v) is 3.35. The second kappa shape index (κ2) is 4.93. The molecule has 0 N–H and O–H groups in total. The molecule has 0 aliphatic rings. The van der Waals surface area contributed by atoms with Crippen LogP contribution in [0.4, 0.5) is 0 Å². The lowest BCUT2D eigenvalue weighted by atomic mass is 10.7. The molecule has 68 valence electrons. The van der Waals surface area contributed by atoms with E-state index in [2.05, 4.69) is 14.4 Å². The van der Waals surface area contributed by atoms with Gasteiger partial charge in [-0.3, -0.25) is 14.4 Å². The monoisotopic (exact) mass is 163 g/mol. The lowest BCUT2D eigenvalue weighted by Crippen LogP contribution is -3.00. The molecule has 0 fully saturated rings. The topological polar surface area (TPSA) is 9.49 Å². The first-order valence-electron chi connectivity index (χ1n) is 3.35. The van der Waals surface area contributed by atoms with Gasteiger partial charge in [0, 0.05) is 0 Å². The van der Waals surface area contributed by atoms with Gasteiger partial charge >= 0.3 is 5.96 Å². The predicted molar refractivity (Wildman–Crippen MR) is 44.5 cm³/mol. The number of guanidine groups is 1. The quantitative estimate of drug-likeness (QED) is 0.211. The van der Waals surface area contributed by atoms with Gasteiger partial charge in [0.25, 0.3) is 0 Å². The van der Waals surface area contributed by atoms with Crippen molar-refractivity contribution in [3.63, 3.8) is 0 Å². The molecule has 11 heavy (non-hydrogen) atoms. The van der Waals surface area contributed by atoms with Gasteiger partial charge in [0.15, 0.2) is 0 Å². The Hall–Kier alpha value is -0.800. The van der Waals surface area contributed by atoms with Gasteiger partial charge in [-0.05, 0) is 0 Å². The Labute approximate surface area is 68.3 Å². The summed E-state index contributed by atoms with van der Waals surface area (Å²) in [6.07, 6.45) is 0. The molecule has 0 saturated carbocycles. The van der Waals surface area contributed by atoms with Crippen molar-refractivity contribution >= 4 is 5.96 Å². The normalized spacial score (nSPS) is 8.18. The molecule has 0 unspecified atom stereocenters. The van der Waals surface area contributed by atoms with Crippen LogP contribution in [-0.2, 0) is 0 Å². The zero-order valence-corrected chi connectivity index (χ0v) is 8.22. The smallest absolute Gasteiger partial charge is 0.349 e. The Kier molecular flexibility index (Phi) is 5.76. The highest BCUT2D eigenvalue weighted by molar-refractivity contribution is 5.73. The summed E-state index contributed by atoms with van der Waals surface area (Å²) in [6, 6.07) is 0. The summed E-state index contributed by atoms with van der Waals surface area (Å²) in [6.45, 7) is 0. The predicted octanol–water partition coefficient (Wildman–Crippen LogP) is -3.26. The van der Waals surface area contributed by atoms with Crippen molar-refractivity contribution in [1.29, 1.82) is 0 Å². The standard InChI is InChI=1S/C7H18N3.FH/c1-8(2)7(9(3)4)10(5)6;/h1-6H3;1H/q+1;/p-1. The summed E-state index contributed by atoms with van der Waals surface area (Å²) in [7, 11) is 12.2. The summed E-state index contributed by atoms with van der Waals surface area (Å²) in [4.78, 5) is 4.17. The van der Waals surface area contributed by atoms with E-state index >= 15 is 0 Å². The largest absolute Gasteiger partial charge is 1.00 e. The lowest BCUT2D eigenvalue weighted by Gasteiger charge is -2.16. The minimum atomic E-state index is 0. The minimum Gasteiger partial charge on any atom is -1.00 e. The van der Waals surface area contributed by atoms with E-state index in [1.807, 2.05) is 42.3 Å². The van der Waals surface area contributed by atoms with Crippen LogP contribution in [0.2, 0.25) is 0 Å². The van der Waals surface area contributed by atoms with Crippen molar-refractivity contribution in [2.75, 3.05) is 42.3 Å². The zero-order valence-electron chi connectivity index (χ0n) is 8.22. The molecular formula is C7H18FN3. The van der Waals surface area contributed by atoms with E-state index in [9.17, 15) is 0 Å². The van der Waals surface area contributed by atoms with E-state index in [1.165, 1.54) is 5.96 Å². The lowest BCUT2D eigenvalue weighted by molar-refractivity contribution is -0.475. The highest BCUT2D eigenvalue weighted by atomic mass is 19.0. The molecule has 0 radical (unpaired) electrons. The molecule has 0 spiro atoms. The molecule has 0 heterocycles. The van der Waals surface area contributed by atoms with E-state index in [0.717, 1.165) is 0 Å². The number of nitrogens with zero attached hydrogens (tertiary/aromatic N) is 3. The fourth-order valence-corrected chi connectivity index (χ4v) is 1.20. The summed E-state index contributed by atoms with van der Waals surface area (Å²) >= 11 is 0. The summed E-state index contributed by atoms with van der Waals surface area (Å²) in [5, 5.41) is 0. The molecule has 0 rings (SSSR count). The first-order chi connectivity index (χ1) is 4.46. The van der Waals surface area contributed by atoms with Crippen molar-refractivity contribution < 1.29 is 9.28 Å². The molecule has 0 bridgehead atoms. The van der Waals surface area contributed by atoms with E-state index in [0.29, 0.717) is 0 Å². The van der Waals surface area contributed by atoms with Gasteiger partial charge in [-0.2, -0.15) is 0 Å². The van der Waals surface area contributed by atoms with Crippen LogP contribution >= 0.6 is 0 Å². The van der Waals surface area contributed by atoms with Crippen LogP contribution in [0.25, 0.3) is 0 Å². The summed E-state index contributed by atoms with van der Waals surface area (Å²) in [5.41, 5.74) is 0. The first kappa shape index (κ1) is 12.8.